The molecule has 1 atom stereocenters. The van der Waals surface area contributed by atoms with Crippen LogP contribution in [-0.4, -0.2) is 43.2 Å². The molecular weight excluding hydrogens is 521 g/mol. The molecule has 0 spiro atoms. The zero-order valence-electron chi connectivity index (χ0n) is 19.5. The number of piperazine rings is 1. The molecular formula is C27H28Cl3N3OS. The lowest BCUT2D eigenvalue weighted by molar-refractivity contribution is 0.0826. The first-order valence-corrected chi connectivity index (χ1v) is 13.3. The Bertz CT molecular complexity index is 1330. The van der Waals surface area contributed by atoms with Crippen LogP contribution in [0.25, 0.3) is 20.2 Å². The molecule has 4 aromatic rings. The molecule has 3 aromatic carbocycles. The first-order valence-electron chi connectivity index (χ1n) is 11.7. The van der Waals surface area contributed by atoms with Crippen molar-refractivity contribution in [3.63, 3.8) is 0 Å². The van der Waals surface area contributed by atoms with E-state index < -0.39 is 0 Å². The van der Waals surface area contributed by atoms with Crippen molar-refractivity contribution in [2.24, 2.45) is 0 Å². The molecule has 5 rings (SSSR count). The molecule has 184 valence electrons. The van der Waals surface area contributed by atoms with Crippen molar-refractivity contribution in [2.45, 2.75) is 25.9 Å². The highest BCUT2D eigenvalue weighted by Crippen LogP contribution is 2.36. The molecule has 0 saturated carbocycles. The molecule has 4 nitrogen and oxygen atoms in total. The van der Waals surface area contributed by atoms with Crippen LogP contribution in [0.15, 0.2) is 60.7 Å². The Morgan fingerprint density at radius 1 is 0.971 bits per heavy atom. The van der Waals surface area contributed by atoms with Gasteiger partial charge in [0.2, 0.25) is 0 Å². The van der Waals surface area contributed by atoms with E-state index in [9.17, 15) is 4.79 Å². The van der Waals surface area contributed by atoms with E-state index in [2.05, 4.69) is 40.2 Å². The minimum Gasteiger partial charge on any atom is -0.368 e. The molecule has 1 aliphatic heterocycles. The monoisotopic (exact) mass is 547 g/mol. The number of halogens is 3. The highest BCUT2D eigenvalue weighted by molar-refractivity contribution is 7.25. The fraction of sp³-hybridized carbons (Fsp3) is 0.296. The predicted octanol–water partition coefficient (Wildman–Crippen LogP) is 7.46. The van der Waals surface area contributed by atoms with Crippen molar-refractivity contribution in [3.05, 3.63) is 76.3 Å². The normalized spacial score (nSPS) is 15.2. The minimum absolute atomic E-state index is 0. The van der Waals surface area contributed by atoms with Crippen molar-refractivity contribution >= 4 is 78.7 Å². The Balaban J connectivity index is 0.00000289. The maximum Gasteiger partial charge on any atom is 0.253 e. The summed E-state index contributed by atoms with van der Waals surface area (Å²) >= 11 is 14.4. The van der Waals surface area contributed by atoms with Gasteiger partial charge in [-0.2, -0.15) is 0 Å². The van der Waals surface area contributed by atoms with Crippen LogP contribution in [0.3, 0.4) is 0 Å². The molecule has 0 bridgehead atoms. The maximum absolute atomic E-state index is 13.5. The zero-order chi connectivity index (χ0) is 23.7. The second kappa shape index (κ2) is 11.4. The standard InChI is InChI=1S/C27H27Cl2N3OS.ClH/c1-2-7-24(32-16-14-31(15-17-32)21-11-6-10-20(28)26(21)29)30-27(33)19-9-5-13-23-25(19)18-8-3-4-12-22(18)34-23;/h3-6,8-13,24H,2,7,14-17H2,1H3,(H,30,33);1H. The second-order valence-electron chi connectivity index (χ2n) is 8.65. The molecule has 1 saturated heterocycles. The summed E-state index contributed by atoms with van der Waals surface area (Å²) in [5.41, 5.74) is 1.72. The van der Waals surface area contributed by atoms with Gasteiger partial charge in [0.05, 0.1) is 21.9 Å². The van der Waals surface area contributed by atoms with E-state index in [4.69, 9.17) is 23.2 Å². The van der Waals surface area contributed by atoms with Gasteiger partial charge in [-0.05, 0) is 36.8 Å². The van der Waals surface area contributed by atoms with Gasteiger partial charge >= 0.3 is 0 Å². The first kappa shape index (κ1) is 26.1. The Morgan fingerprint density at radius 3 is 2.46 bits per heavy atom. The Labute approximate surface area is 226 Å². The number of carbonyl (C=O) groups is 1. The number of amides is 1. The Kier molecular flexibility index (Phi) is 8.46. The van der Waals surface area contributed by atoms with E-state index in [0.717, 1.165) is 65.7 Å². The van der Waals surface area contributed by atoms with Crippen molar-refractivity contribution in [3.8, 4) is 0 Å². The summed E-state index contributed by atoms with van der Waals surface area (Å²) in [5, 5.41) is 6.73. The predicted molar refractivity (Wildman–Crippen MR) is 153 cm³/mol. The van der Waals surface area contributed by atoms with E-state index in [1.54, 1.807) is 11.3 Å². The molecule has 1 fully saturated rings. The Morgan fingerprint density at radius 2 is 1.69 bits per heavy atom. The maximum atomic E-state index is 13.5. The average Bonchev–Trinajstić information content (AvgIpc) is 3.24. The van der Waals surface area contributed by atoms with Gasteiger partial charge in [-0.3, -0.25) is 9.69 Å². The van der Waals surface area contributed by atoms with Crippen LogP contribution in [0.4, 0.5) is 5.69 Å². The van der Waals surface area contributed by atoms with Crippen LogP contribution >= 0.6 is 46.9 Å². The summed E-state index contributed by atoms with van der Waals surface area (Å²) < 4.78 is 2.35. The van der Waals surface area contributed by atoms with E-state index in [-0.39, 0.29) is 24.5 Å². The molecule has 35 heavy (non-hydrogen) atoms. The molecule has 2 heterocycles. The summed E-state index contributed by atoms with van der Waals surface area (Å²) in [4.78, 5) is 18.2. The minimum atomic E-state index is -0.00656. The molecule has 0 radical (unpaired) electrons. The smallest absolute Gasteiger partial charge is 0.253 e. The number of nitrogens with zero attached hydrogens (tertiary/aromatic N) is 2. The molecule has 1 amide bonds. The number of hydrogen-bond donors (Lipinski definition) is 1. The number of carbonyl (C=O) groups excluding carboxylic acids is 1. The number of benzene rings is 3. The van der Waals surface area contributed by atoms with Gasteiger partial charge in [0.1, 0.15) is 0 Å². The molecule has 8 heteroatoms. The third-order valence-corrected chi connectivity index (χ3v) is 8.48. The Hall–Kier alpha value is -2.02. The SMILES string of the molecule is CCCC(NC(=O)c1cccc2sc3ccccc3c12)N1CCN(c2cccc(Cl)c2Cl)CC1.Cl. The van der Waals surface area contributed by atoms with Gasteiger partial charge in [-0.1, -0.05) is 66.9 Å². The van der Waals surface area contributed by atoms with Gasteiger partial charge in [0, 0.05) is 51.9 Å². The molecule has 1 aromatic heterocycles. The van der Waals surface area contributed by atoms with Crippen LogP contribution in [0, 0.1) is 0 Å². The summed E-state index contributed by atoms with van der Waals surface area (Å²) in [6.45, 7) is 5.52. The third kappa shape index (κ3) is 5.25. The third-order valence-electron chi connectivity index (χ3n) is 6.53. The zero-order valence-corrected chi connectivity index (χ0v) is 22.6. The van der Waals surface area contributed by atoms with Crippen LogP contribution in [-0.2, 0) is 0 Å². The van der Waals surface area contributed by atoms with Crippen LogP contribution < -0.4 is 10.2 Å². The van der Waals surface area contributed by atoms with Crippen molar-refractivity contribution in [1.82, 2.24) is 10.2 Å². The van der Waals surface area contributed by atoms with Crippen molar-refractivity contribution in [1.29, 1.82) is 0 Å². The van der Waals surface area contributed by atoms with Gasteiger partial charge in [0.15, 0.2) is 0 Å². The number of rotatable bonds is 6. The van der Waals surface area contributed by atoms with Crippen LogP contribution in [0.2, 0.25) is 10.0 Å². The van der Waals surface area contributed by atoms with E-state index in [0.29, 0.717) is 10.0 Å². The highest BCUT2D eigenvalue weighted by Gasteiger charge is 2.27. The number of anilines is 1. The molecule has 1 unspecified atom stereocenters. The lowest BCUT2D eigenvalue weighted by Gasteiger charge is -2.40. The highest BCUT2D eigenvalue weighted by atomic mass is 35.5. The second-order valence-corrected chi connectivity index (χ2v) is 10.5. The number of nitrogens with one attached hydrogen (secondary N) is 1. The molecule has 0 aliphatic carbocycles. The lowest BCUT2D eigenvalue weighted by Crippen LogP contribution is -2.56. The first-order chi connectivity index (χ1) is 16.6. The van der Waals surface area contributed by atoms with Crippen LogP contribution in [0.5, 0.6) is 0 Å². The summed E-state index contributed by atoms with van der Waals surface area (Å²) in [6.07, 6.45) is 1.90. The van der Waals surface area contributed by atoms with Gasteiger partial charge in [-0.25, -0.2) is 0 Å². The number of thiophene rings is 1. The van der Waals surface area contributed by atoms with Gasteiger partial charge in [0.25, 0.3) is 5.91 Å². The quantitative estimate of drug-likeness (QED) is 0.272. The summed E-state index contributed by atoms with van der Waals surface area (Å²) in [6, 6.07) is 20.1. The molecule has 1 N–H and O–H groups in total. The topological polar surface area (TPSA) is 35.6 Å². The average molecular weight is 549 g/mol. The van der Waals surface area contributed by atoms with Gasteiger partial charge in [-0.15, -0.1) is 23.7 Å². The lowest BCUT2D eigenvalue weighted by atomic mass is 10.1. The van der Waals surface area contributed by atoms with Crippen molar-refractivity contribution < 1.29 is 4.79 Å². The molecule has 1 aliphatic rings. The largest absolute Gasteiger partial charge is 0.368 e. The fourth-order valence-corrected chi connectivity index (χ4v) is 6.37. The van der Waals surface area contributed by atoms with Crippen molar-refractivity contribution in [2.75, 3.05) is 31.1 Å². The number of fused-ring (bicyclic) bond motifs is 3. The van der Waals surface area contributed by atoms with Crippen LogP contribution in [0.1, 0.15) is 30.1 Å². The number of hydrogen-bond acceptors (Lipinski definition) is 4. The van der Waals surface area contributed by atoms with E-state index in [1.165, 1.54) is 4.70 Å². The summed E-state index contributed by atoms with van der Waals surface area (Å²) in [7, 11) is 0. The van der Waals surface area contributed by atoms with E-state index >= 15 is 0 Å². The van der Waals surface area contributed by atoms with Gasteiger partial charge < -0.3 is 10.2 Å². The fourth-order valence-electron chi connectivity index (χ4n) is 4.82. The van der Waals surface area contributed by atoms with E-state index in [1.807, 2.05) is 42.5 Å². The summed E-state index contributed by atoms with van der Waals surface area (Å²) in [5.74, 6) is -0.00656.